The van der Waals surface area contributed by atoms with Gasteiger partial charge >= 0.3 is 0 Å². The van der Waals surface area contributed by atoms with Crippen LogP contribution in [0.1, 0.15) is 42.4 Å². The highest BCUT2D eigenvalue weighted by atomic mass is 16.3. The summed E-state index contributed by atoms with van der Waals surface area (Å²) < 4.78 is 0. The van der Waals surface area contributed by atoms with E-state index in [2.05, 4.69) is 36.9 Å². The van der Waals surface area contributed by atoms with Gasteiger partial charge in [0.15, 0.2) is 0 Å². The Morgan fingerprint density at radius 2 is 2.06 bits per heavy atom. The Hall–Kier alpha value is -0.860. The summed E-state index contributed by atoms with van der Waals surface area (Å²) in [7, 11) is 0. The lowest BCUT2D eigenvalue weighted by molar-refractivity contribution is 0.109. The van der Waals surface area contributed by atoms with E-state index in [1.165, 1.54) is 36.0 Å². The monoisotopic (exact) mass is 247 g/mol. The van der Waals surface area contributed by atoms with E-state index in [1.54, 1.807) is 0 Å². The molecule has 1 aliphatic carbocycles. The van der Waals surface area contributed by atoms with E-state index in [0.717, 1.165) is 25.6 Å². The van der Waals surface area contributed by atoms with Crippen molar-refractivity contribution in [3.63, 3.8) is 0 Å². The summed E-state index contributed by atoms with van der Waals surface area (Å²) in [4.78, 5) is 2.56. The topological polar surface area (TPSA) is 23.5 Å². The second-order valence-electron chi connectivity index (χ2n) is 5.56. The summed E-state index contributed by atoms with van der Waals surface area (Å²) in [6, 6.07) is 7.45. The third-order valence-corrected chi connectivity index (χ3v) is 4.07. The highest BCUT2D eigenvalue weighted by Crippen LogP contribution is 2.27. The van der Waals surface area contributed by atoms with E-state index in [9.17, 15) is 0 Å². The molecule has 18 heavy (non-hydrogen) atoms. The number of aryl methyl sites for hydroxylation is 2. The minimum atomic E-state index is 0.302. The number of hydrogen-bond acceptors (Lipinski definition) is 2. The lowest BCUT2D eigenvalue weighted by Gasteiger charge is -2.38. The van der Waals surface area contributed by atoms with Crippen molar-refractivity contribution in [2.24, 2.45) is 0 Å². The average Bonchev–Trinajstić information content (AvgIpc) is 2.28. The van der Waals surface area contributed by atoms with E-state index in [-0.39, 0.29) is 0 Å². The van der Waals surface area contributed by atoms with Gasteiger partial charge in [0.1, 0.15) is 0 Å². The fraction of sp³-hybridized carbons (Fsp3) is 0.625. The Kier molecular flexibility index (Phi) is 4.79. The van der Waals surface area contributed by atoms with Gasteiger partial charge in [0.25, 0.3) is 0 Å². The Morgan fingerprint density at radius 1 is 1.28 bits per heavy atom. The smallest absolute Gasteiger partial charge is 0.0443 e. The first-order valence-electron chi connectivity index (χ1n) is 7.11. The molecule has 0 atom stereocenters. The zero-order valence-corrected chi connectivity index (χ0v) is 11.7. The van der Waals surface area contributed by atoms with Crippen LogP contribution in [-0.2, 0) is 6.54 Å². The second-order valence-corrected chi connectivity index (χ2v) is 5.56. The normalized spacial score (nSPS) is 16.0. The fourth-order valence-electron chi connectivity index (χ4n) is 2.61. The molecule has 0 aliphatic heterocycles. The van der Waals surface area contributed by atoms with Crippen LogP contribution in [0.2, 0.25) is 0 Å². The maximum Gasteiger partial charge on any atom is 0.0443 e. The molecule has 0 amide bonds. The summed E-state index contributed by atoms with van der Waals surface area (Å²) >= 11 is 0. The second kappa shape index (κ2) is 6.35. The number of hydrogen-bond donors (Lipinski definition) is 1. The van der Waals surface area contributed by atoms with Crippen molar-refractivity contribution >= 4 is 0 Å². The molecule has 2 rings (SSSR count). The van der Waals surface area contributed by atoms with Crippen molar-refractivity contribution in [2.75, 3.05) is 13.2 Å². The average molecular weight is 247 g/mol. The van der Waals surface area contributed by atoms with Crippen LogP contribution >= 0.6 is 0 Å². The summed E-state index contributed by atoms with van der Waals surface area (Å²) in [6.45, 7) is 6.72. The van der Waals surface area contributed by atoms with Crippen molar-refractivity contribution in [3.8, 4) is 0 Å². The van der Waals surface area contributed by atoms with Gasteiger partial charge in [-0.05, 0) is 44.2 Å². The van der Waals surface area contributed by atoms with Gasteiger partial charge in [0.05, 0.1) is 0 Å². The molecule has 1 aromatic rings. The van der Waals surface area contributed by atoms with Gasteiger partial charge in [-0.3, -0.25) is 4.90 Å². The van der Waals surface area contributed by atoms with Crippen LogP contribution in [0, 0.1) is 13.8 Å². The van der Waals surface area contributed by atoms with Gasteiger partial charge in [-0.1, -0.05) is 30.2 Å². The fourth-order valence-corrected chi connectivity index (χ4v) is 2.61. The molecule has 0 saturated heterocycles. The Labute approximate surface area is 111 Å². The SMILES string of the molecule is Cc1ccc(C)c(CN(CCCO)C2CCC2)c1. The van der Waals surface area contributed by atoms with E-state index in [1.807, 2.05) is 0 Å². The summed E-state index contributed by atoms with van der Waals surface area (Å²) in [6.07, 6.45) is 4.92. The standard InChI is InChI=1S/C16H25NO/c1-13-7-8-14(2)15(11-13)12-17(9-4-10-18)16-5-3-6-16/h7-8,11,16,18H,3-6,9-10,12H2,1-2H3. The van der Waals surface area contributed by atoms with E-state index >= 15 is 0 Å². The van der Waals surface area contributed by atoms with Gasteiger partial charge < -0.3 is 5.11 Å². The molecule has 1 saturated carbocycles. The first-order chi connectivity index (χ1) is 8.70. The van der Waals surface area contributed by atoms with Gasteiger partial charge in [-0.15, -0.1) is 0 Å². The van der Waals surface area contributed by atoms with E-state index in [4.69, 9.17) is 5.11 Å². The third kappa shape index (κ3) is 3.33. The van der Waals surface area contributed by atoms with Gasteiger partial charge in [0.2, 0.25) is 0 Å². The lowest BCUT2D eigenvalue weighted by atomic mass is 9.90. The first-order valence-corrected chi connectivity index (χ1v) is 7.11. The predicted octanol–water partition coefficient (Wildman–Crippen LogP) is 3.04. The van der Waals surface area contributed by atoms with Crippen LogP contribution in [-0.4, -0.2) is 29.2 Å². The third-order valence-electron chi connectivity index (χ3n) is 4.07. The zero-order valence-electron chi connectivity index (χ0n) is 11.7. The van der Waals surface area contributed by atoms with E-state index < -0.39 is 0 Å². The minimum absolute atomic E-state index is 0.302. The molecule has 1 fully saturated rings. The first kappa shape index (κ1) is 13.6. The van der Waals surface area contributed by atoms with Crippen molar-refractivity contribution in [1.82, 2.24) is 4.90 Å². The zero-order chi connectivity index (χ0) is 13.0. The number of aliphatic hydroxyl groups is 1. The molecular weight excluding hydrogens is 222 g/mol. The Morgan fingerprint density at radius 3 is 2.67 bits per heavy atom. The number of benzene rings is 1. The summed E-state index contributed by atoms with van der Waals surface area (Å²) in [5, 5.41) is 9.03. The predicted molar refractivity (Wildman–Crippen MR) is 75.7 cm³/mol. The maximum atomic E-state index is 9.03. The Bertz CT molecular complexity index is 385. The molecule has 1 aromatic carbocycles. The molecular formula is C16H25NO. The summed E-state index contributed by atoms with van der Waals surface area (Å²) in [5.41, 5.74) is 4.17. The van der Waals surface area contributed by atoms with Crippen molar-refractivity contribution in [2.45, 2.75) is 52.1 Å². The van der Waals surface area contributed by atoms with Crippen LogP contribution in [0.5, 0.6) is 0 Å². The van der Waals surface area contributed by atoms with Crippen LogP contribution in [0.25, 0.3) is 0 Å². The van der Waals surface area contributed by atoms with E-state index in [0.29, 0.717) is 6.61 Å². The highest BCUT2D eigenvalue weighted by molar-refractivity contribution is 5.30. The molecule has 0 heterocycles. The molecule has 2 nitrogen and oxygen atoms in total. The molecule has 0 spiro atoms. The van der Waals surface area contributed by atoms with Gasteiger partial charge in [0, 0.05) is 25.7 Å². The molecule has 2 heteroatoms. The maximum absolute atomic E-state index is 9.03. The molecule has 100 valence electrons. The van der Waals surface area contributed by atoms with Crippen molar-refractivity contribution in [3.05, 3.63) is 34.9 Å². The molecule has 1 N–H and O–H groups in total. The molecule has 0 unspecified atom stereocenters. The van der Waals surface area contributed by atoms with Crippen LogP contribution in [0.15, 0.2) is 18.2 Å². The number of nitrogens with zero attached hydrogens (tertiary/aromatic N) is 1. The van der Waals surface area contributed by atoms with Crippen LogP contribution in [0.4, 0.5) is 0 Å². The van der Waals surface area contributed by atoms with Gasteiger partial charge in [-0.25, -0.2) is 0 Å². The number of aliphatic hydroxyl groups excluding tert-OH is 1. The Balaban J connectivity index is 2.04. The van der Waals surface area contributed by atoms with Crippen molar-refractivity contribution < 1.29 is 5.11 Å². The van der Waals surface area contributed by atoms with Crippen LogP contribution in [0.3, 0.4) is 0 Å². The number of rotatable bonds is 6. The molecule has 1 aliphatic rings. The largest absolute Gasteiger partial charge is 0.396 e. The minimum Gasteiger partial charge on any atom is -0.396 e. The summed E-state index contributed by atoms with van der Waals surface area (Å²) in [5.74, 6) is 0. The molecule has 0 radical (unpaired) electrons. The molecule has 0 bridgehead atoms. The van der Waals surface area contributed by atoms with Gasteiger partial charge in [-0.2, -0.15) is 0 Å². The van der Waals surface area contributed by atoms with Crippen LogP contribution < -0.4 is 0 Å². The lowest BCUT2D eigenvalue weighted by Crippen LogP contribution is -2.40. The quantitative estimate of drug-likeness (QED) is 0.835. The molecule has 0 aromatic heterocycles. The highest BCUT2D eigenvalue weighted by Gasteiger charge is 2.24. The van der Waals surface area contributed by atoms with Crippen molar-refractivity contribution in [1.29, 1.82) is 0 Å².